The van der Waals surface area contributed by atoms with Gasteiger partial charge in [-0.05, 0) is 23.6 Å². The second kappa shape index (κ2) is 6.63. The third-order valence-electron chi connectivity index (χ3n) is 4.86. The van der Waals surface area contributed by atoms with Gasteiger partial charge < -0.3 is 10.2 Å². The summed E-state index contributed by atoms with van der Waals surface area (Å²) in [6.45, 7) is 1.60. The van der Waals surface area contributed by atoms with Gasteiger partial charge in [0.05, 0.1) is 17.6 Å². The number of benzene rings is 2. The Kier molecular flexibility index (Phi) is 4.16. The molecule has 0 aliphatic carbocycles. The van der Waals surface area contributed by atoms with Gasteiger partial charge in [0.25, 0.3) is 5.56 Å². The number of aromatic nitrogens is 2. The van der Waals surface area contributed by atoms with E-state index in [4.69, 9.17) is 0 Å². The highest BCUT2D eigenvalue weighted by Gasteiger charge is 2.20. The molecule has 3 aromatic rings. The summed E-state index contributed by atoms with van der Waals surface area (Å²) in [5.41, 5.74) is 3.05. The third-order valence-corrected chi connectivity index (χ3v) is 4.86. The monoisotopic (exact) mass is 348 g/mol. The molecule has 0 spiro atoms. The van der Waals surface area contributed by atoms with Crippen molar-refractivity contribution in [3.8, 4) is 0 Å². The van der Waals surface area contributed by atoms with Crippen LogP contribution in [-0.4, -0.2) is 27.3 Å². The van der Waals surface area contributed by atoms with Crippen LogP contribution in [0.3, 0.4) is 0 Å². The summed E-state index contributed by atoms with van der Waals surface area (Å²) in [5, 5.41) is 8.66. The molecule has 0 bridgehead atoms. The Morgan fingerprint density at radius 3 is 2.58 bits per heavy atom. The van der Waals surface area contributed by atoms with Crippen LogP contribution in [0.15, 0.2) is 53.3 Å². The predicted molar refractivity (Wildman–Crippen MR) is 99.8 cm³/mol. The molecule has 0 saturated heterocycles. The second-order valence-corrected chi connectivity index (χ2v) is 6.52. The number of amides is 2. The largest absolute Gasteiger partial charge is 0.332 e. The number of nitrogens with one attached hydrogen (secondary N) is 1. The Morgan fingerprint density at radius 2 is 1.77 bits per heavy atom. The van der Waals surface area contributed by atoms with Crippen molar-refractivity contribution in [1.82, 2.24) is 20.0 Å². The molecule has 2 amide bonds. The molecule has 0 saturated carbocycles. The molecule has 1 aliphatic rings. The van der Waals surface area contributed by atoms with Crippen molar-refractivity contribution >= 4 is 16.8 Å². The molecular formula is C20H20N4O2. The van der Waals surface area contributed by atoms with Crippen LogP contribution in [0.1, 0.15) is 16.8 Å². The van der Waals surface area contributed by atoms with Crippen LogP contribution in [0, 0.1) is 0 Å². The summed E-state index contributed by atoms with van der Waals surface area (Å²) >= 11 is 0. The Morgan fingerprint density at radius 1 is 1.08 bits per heavy atom. The third kappa shape index (κ3) is 2.94. The van der Waals surface area contributed by atoms with Gasteiger partial charge in [-0.2, -0.15) is 5.10 Å². The summed E-state index contributed by atoms with van der Waals surface area (Å²) < 4.78 is 1.32. The van der Waals surface area contributed by atoms with Crippen LogP contribution in [0.5, 0.6) is 0 Å². The normalized spacial score (nSPS) is 13.5. The van der Waals surface area contributed by atoms with E-state index in [0.29, 0.717) is 24.2 Å². The SMILES string of the molecule is Cn1nc(CNC(=O)N2CCc3ccccc3C2)c2ccccc2c1=O. The molecule has 6 heteroatoms. The number of carbonyl (C=O) groups excluding carboxylic acids is 1. The molecule has 6 nitrogen and oxygen atoms in total. The lowest BCUT2D eigenvalue weighted by Gasteiger charge is -2.29. The molecule has 0 atom stereocenters. The molecule has 2 aromatic carbocycles. The van der Waals surface area contributed by atoms with Crippen LogP contribution in [-0.2, 0) is 26.6 Å². The number of urea groups is 1. The lowest BCUT2D eigenvalue weighted by atomic mass is 10.0. The summed E-state index contributed by atoms with van der Waals surface area (Å²) in [4.78, 5) is 26.6. The minimum atomic E-state index is -0.136. The van der Waals surface area contributed by atoms with Crippen molar-refractivity contribution in [3.63, 3.8) is 0 Å². The smallest absolute Gasteiger partial charge is 0.318 e. The van der Waals surface area contributed by atoms with Crippen molar-refractivity contribution in [3.05, 3.63) is 75.7 Å². The molecule has 132 valence electrons. The minimum Gasteiger partial charge on any atom is -0.332 e. The van der Waals surface area contributed by atoms with E-state index in [-0.39, 0.29) is 18.1 Å². The summed E-state index contributed by atoms with van der Waals surface area (Å²) in [6.07, 6.45) is 0.866. The highest BCUT2D eigenvalue weighted by Crippen LogP contribution is 2.18. The van der Waals surface area contributed by atoms with Crippen LogP contribution in [0.2, 0.25) is 0 Å². The molecule has 4 rings (SSSR count). The highest BCUT2D eigenvalue weighted by molar-refractivity contribution is 5.84. The fraction of sp³-hybridized carbons (Fsp3) is 0.250. The van der Waals surface area contributed by atoms with Gasteiger partial charge in [-0.3, -0.25) is 4.79 Å². The van der Waals surface area contributed by atoms with E-state index >= 15 is 0 Å². The zero-order valence-corrected chi connectivity index (χ0v) is 14.6. The summed E-state index contributed by atoms with van der Waals surface area (Å²) in [5.74, 6) is 0. The van der Waals surface area contributed by atoms with Gasteiger partial charge >= 0.3 is 6.03 Å². The number of hydrogen-bond donors (Lipinski definition) is 1. The first kappa shape index (κ1) is 16.3. The Balaban J connectivity index is 1.51. The van der Waals surface area contributed by atoms with Gasteiger partial charge in [-0.1, -0.05) is 42.5 Å². The van der Waals surface area contributed by atoms with Crippen LogP contribution in [0.4, 0.5) is 4.79 Å². The zero-order valence-electron chi connectivity index (χ0n) is 14.6. The van der Waals surface area contributed by atoms with E-state index < -0.39 is 0 Å². The lowest BCUT2D eigenvalue weighted by molar-refractivity contribution is 0.192. The molecule has 0 unspecified atom stereocenters. The fourth-order valence-electron chi connectivity index (χ4n) is 3.45. The van der Waals surface area contributed by atoms with E-state index in [2.05, 4.69) is 22.5 Å². The quantitative estimate of drug-likeness (QED) is 0.772. The molecule has 1 aromatic heterocycles. The Hall–Kier alpha value is -3.15. The first-order valence-corrected chi connectivity index (χ1v) is 8.68. The standard InChI is InChI=1S/C20H20N4O2/c1-23-19(25)17-9-5-4-8-16(17)18(22-23)12-21-20(26)24-11-10-14-6-2-3-7-15(14)13-24/h2-9H,10-13H2,1H3,(H,21,26). The van der Waals surface area contributed by atoms with Crippen molar-refractivity contribution < 1.29 is 4.79 Å². The fourth-order valence-corrected chi connectivity index (χ4v) is 3.45. The molecule has 1 N–H and O–H groups in total. The number of carbonyl (C=O) groups is 1. The summed E-state index contributed by atoms with van der Waals surface area (Å²) in [7, 11) is 1.63. The molecule has 2 heterocycles. The maximum absolute atomic E-state index is 12.6. The maximum atomic E-state index is 12.6. The minimum absolute atomic E-state index is 0.112. The lowest BCUT2D eigenvalue weighted by Crippen LogP contribution is -2.42. The number of fused-ring (bicyclic) bond motifs is 2. The topological polar surface area (TPSA) is 67.2 Å². The van der Waals surface area contributed by atoms with E-state index in [1.807, 2.05) is 35.2 Å². The van der Waals surface area contributed by atoms with E-state index in [1.54, 1.807) is 13.1 Å². The van der Waals surface area contributed by atoms with Crippen molar-refractivity contribution in [2.75, 3.05) is 6.54 Å². The van der Waals surface area contributed by atoms with Crippen LogP contribution < -0.4 is 10.9 Å². The number of aryl methyl sites for hydroxylation is 1. The van der Waals surface area contributed by atoms with Gasteiger partial charge in [-0.25, -0.2) is 9.48 Å². The molecule has 0 radical (unpaired) electrons. The van der Waals surface area contributed by atoms with Crippen molar-refractivity contribution in [2.45, 2.75) is 19.5 Å². The highest BCUT2D eigenvalue weighted by atomic mass is 16.2. The van der Waals surface area contributed by atoms with Crippen molar-refractivity contribution in [1.29, 1.82) is 0 Å². The molecular weight excluding hydrogens is 328 g/mol. The van der Waals surface area contributed by atoms with Gasteiger partial charge in [0.2, 0.25) is 0 Å². The van der Waals surface area contributed by atoms with Crippen LogP contribution in [0.25, 0.3) is 10.8 Å². The number of nitrogens with zero attached hydrogens (tertiary/aromatic N) is 3. The average molecular weight is 348 g/mol. The van der Waals surface area contributed by atoms with E-state index in [1.165, 1.54) is 15.8 Å². The van der Waals surface area contributed by atoms with E-state index in [0.717, 1.165) is 11.8 Å². The zero-order chi connectivity index (χ0) is 18.1. The Labute approximate surface area is 151 Å². The van der Waals surface area contributed by atoms with Gasteiger partial charge in [0, 0.05) is 25.5 Å². The maximum Gasteiger partial charge on any atom is 0.318 e. The summed E-state index contributed by atoms with van der Waals surface area (Å²) in [6, 6.07) is 15.5. The Bertz CT molecular complexity index is 1040. The molecule has 1 aliphatic heterocycles. The first-order chi connectivity index (χ1) is 12.6. The van der Waals surface area contributed by atoms with Gasteiger partial charge in [-0.15, -0.1) is 0 Å². The van der Waals surface area contributed by atoms with Crippen molar-refractivity contribution in [2.24, 2.45) is 7.05 Å². The number of hydrogen-bond acceptors (Lipinski definition) is 3. The second-order valence-electron chi connectivity index (χ2n) is 6.52. The first-order valence-electron chi connectivity index (χ1n) is 8.68. The molecule has 26 heavy (non-hydrogen) atoms. The number of rotatable bonds is 2. The average Bonchev–Trinajstić information content (AvgIpc) is 2.69. The van der Waals surface area contributed by atoms with Crippen LogP contribution >= 0.6 is 0 Å². The van der Waals surface area contributed by atoms with Gasteiger partial charge in [0.1, 0.15) is 0 Å². The van der Waals surface area contributed by atoms with E-state index in [9.17, 15) is 9.59 Å². The van der Waals surface area contributed by atoms with Gasteiger partial charge in [0.15, 0.2) is 0 Å². The predicted octanol–water partition coefficient (Wildman–Crippen LogP) is 2.20. The molecule has 0 fully saturated rings.